The van der Waals surface area contributed by atoms with Crippen LogP contribution in [0.3, 0.4) is 0 Å². The van der Waals surface area contributed by atoms with Crippen molar-refractivity contribution in [1.82, 2.24) is 10.6 Å². The molecular formula is C25H50N6O11. The number of aliphatic hydroxyl groups is 7. The summed E-state index contributed by atoms with van der Waals surface area (Å²) in [4.78, 5) is 4.26. The number of aliphatic hydroxyl groups excluding tert-OH is 6. The molecule has 0 bridgehead atoms. The molecule has 0 radical (unpaired) electrons. The summed E-state index contributed by atoms with van der Waals surface area (Å²) >= 11 is 0. The summed E-state index contributed by atoms with van der Waals surface area (Å²) in [6.07, 6.45) is -9.70. The summed E-state index contributed by atoms with van der Waals surface area (Å²) in [6.45, 7) is 1.36. The van der Waals surface area contributed by atoms with Crippen LogP contribution in [0, 0.1) is 0 Å². The van der Waals surface area contributed by atoms with Crippen LogP contribution in [0.25, 0.3) is 0 Å². The first-order valence-corrected chi connectivity index (χ1v) is 14.3. The largest absolute Gasteiger partial charge is 0.395 e. The Morgan fingerprint density at radius 3 is 2.40 bits per heavy atom. The minimum absolute atomic E-state index is 0.0210. The molecule has 0 aromatic rings. The molecule has 0 aromatic carbocycles. The number of likely N-dealkylation sites (N-methyl/N-ethyl adjacent to an activating group) is 1. The van der Waals surface area contributed by atoms with E-state index in [0.29, 0.717) is 25.9 Å². The van der Waals surface area contributed by atoms with Gasteiger partial charge in [0.15, 0.2) is 12.6 Å². The predicted octanol–water partition coefficient (Wildman–Crippen LogP) is -6.24. The van der Waals surface area contributed by atoms with Crippen LogP contribution in [0.4, 0.5) is 0 Å². The van der Waals surface area contributed by atoms with E-state index < -0.39 is 91.4 Å². The molecule has 15 N–H and O–H groups in total. The minimum Gasteiger partial charge on any atom is -0.395 e. The maximum absolute atomic E-state index is 11.5. The second-order valence-electron chi connectivity index (χ2n) is 11.5. The lowest BCUT2D eigenvalue weighted by Crippen LogP contribution is -2.67. The van der Waals surface area contributed by atoms with Gasteiger partial charge in [-0.3, -0.25) is 4.99 Å². The van der Waals surface area contributed by atoms with Gasteiger partial charge in [-0.15, -0.1) is 0 Å². The van der Waals surface area contributed by atoms with Gasteiger partial charge in [0.25, 0.3) is 0 Å². The lowest BCUT2D eigenvalue weighted by atomic mass is 9.83. The van der Waals surface area contributed by atoms with Crippen LogP contribution in [0.2, 0.25) is 0 Å². The highest BCUT2D eigenvalue weighted by Crippen LogP contribution is 2.33. The monoisotopic (exact) mass is 610 g/mol. The summed E-state index contributed by atoms with van der Waals surface area (Å²) in [7, 11) is 1.56. The van der Waals surface area contributed by atoms with Gasteiger partial charge in [-0.05, 0) is 33.2 Å². The van der Waals surface area contributed by atoms with Crippen LogP contribution in [0.5, 0.6) is 0 Å². The van der Waals surface area contributed by atoms with Crippen LogP contribution in [-0.2, 0) is 18.9 Å². The van der Waals surface area contributed by atoms with E-state index in [1.165, 1.54) is 6.92 Å². The van der Waals surface area contributed by atoms with Crippen molar-refractivity contribution in [3.63, 3.8) is 0 Å². The topological polar surface area (TPSA) is 293 Å². The van der Waals surface area contributed by atoms with Gasteiger partial charge < -0.3 is 82.5 Å². The maximum Gasteiger partial charge on any atom is 0.185 e. The Hall–Kier alpha value is -1.13. The van der Waals surface area contributed by atoms with Gasteiger partial charge in [-0.1, -0.05) is 0 Å². The lowest BCUT2D eigenvalue weighted by molar-refractivity contribution is -0.306. The third-order valence-electron chi connectivity index (χ3n) is 8.04. The van der Waals surface area contributed by atoms with Crippen LogP contribution in [-0.4, -0.2) is 167 Å². The van der Waals surface area contributed by atoms with Crippen LogP contribution < -0.4 is 27.8 Å². The average molecular weight is 611 g/mol. The summed E-state index contributed by atoms with van der Waals surface area (Å²) in [5.41, 5.74) is 17.2. The predicted molar refractivity (Wildman–Crippen MR) is 148 cm³/mol. The van der Waals surface area contributed by atoms with Gasteiger partial charge >= 0.3 is 0 Å². The third-order valence-corrected chi connectivity index (χ3v) is 8.04. The Morgan fingerprint density at radius 1 is 1.07 bits per heavy atom. The Kier molecular flexibility index (Phi) is 13.2. The molecule has 1 aliphatic carbocycles. The molecule has 0 amide bonds. The summed E-state index contributed by atoms with van der Waals surface area (Å²) in [6, 6.07) is -3.20. The zero-order valence-electron chi connectivity index (χ0n) is 24.1. The Balaban J connectivity index is 1.83. The van der Waals surface area contributed by atoms with Gasteiger partial charge in [-0.2, -0.15) is 0 Å². The fourth-order valence-corrected chi connectivity index (χ4v) is 5.63. The van der Waals surface area contributed by atoms with Crippen LogP contribution in [0.15, 0.2) is 4.99 Å². The van der Waals surface area contributed by atoms with Crippen molar-refractivity contribution in [3.05, 3.63) is 0 Å². The van der Waals surface area contributed by atoms with Crippen LogP contribution >= 0.6 is 0 Å². The summed E-state index contributed by atoms with van der Waals surface area (Å²) in [5.74, 6) is -0.425. The highest BCUT2D eigenvalue weighted by Gasteiger charge is 2.51. The molecule has 2 unspecified atom stereocenters. The average Bonchev–Trinajstić information content (AvgIpc) is 2.94. The number of ether oxygens (including phenoxy) is 4. The number of nitrogens with one attached hydrogen (secondary N) is 2. The molecule has 2 saturated heterocycles. The second-order valence-corrected chi connectivity index (χ2v) is 11.5. The second kappa shape index (κ2) is 15.7. The molecule has 17 nitrogen and oxygen atoms in total. The number of nitrogens with zero attached hydrogens (tertiary/aromatic N) is 1. The molecule has 17 heteroatoms. The molecule has 0 aromatic heterocycles. The van der Waals surface area contributed by atoms with Crippen molar-refractivity contribution in [2.75, 3.05) is 40.0 Å². The van der Waals surface area contributed by atoms with Crippen molar-refractivity contribution >= 4 is 5.84 Å². The lowest BCUT2D eigenvalue weighted by Gasteiger charge is -2.48. The summed E-state index contributed by atoms with van der Waals surface area (Å²) in [5, 5.41) is 77.3. The first-order valence-electron chi connectivity index (χ1n) is 14.3. The Bertz CT molecular complexity index is 860. The van der Waals surface area contributed by atoms with Crippen molar-refractivity contribution < 1.29 is 54.7 Å². The highest BCUT2D eigenvalue weighted by atomic mass is 16.7. The molecule has 3 rings (SSSR count). The molecule has 0 spiro atoms. The van der Waals surface area contributed by atoms with Gasteiger partial charge in [0, 0.05) is 19.1 Å². The quantitative estimate of drug-likeness (QED) is 0.0524. The van der Waals surface area contributed by atoms with E-state index in [2.05, 4.69) is 15.6 Å². The first-order chi connectivity index (χ1) is 19.8. The summed E-state index contributed by atoms with van der Waals surface area (Å²) < 4.78 is 23.9. The van der Waals surface area contributed by atoms with E-state index in [4.69, 9.17) is 41.3 Å². The van der Waals surface area contributed by atoms with Crippen molar-refractivity contribution in [2.45, 2.75) is 111 Å². The molecule has 3 aliphatic rings. The van der Waals surface area contributed by atoms with Gasteiger partial charge in [-0.25, -0.2) is 0 Å². The number of nitrogens with two attached hydrogens (primary N) is 3. The fourth-order valence-electron chi connectivity index (χ4n) is 5.63. The number of rotatable bonds is 13. The van der Waals surface area contributed by atoms with Crippen molar-refractivity contribution in [2.24, 2.45) is 22.2 Å². The zero-order valence-corrected chi connectivity index (χ0v) is 24.1. The maximum atomic E-state index is 11.5. The minimum atomic E-state index is -1.71. The smallest absolute Gasteiger partial charge is 0.185 e. The molecule has 2 heterocycles. The SMILES string of the molecule is CN[C@@H]1[C@@H](O)[C@@H](O[C@@H]2[C@@H](O)[C@H](O[C@H]3O[C@H](CNCCO)CC[C@H]3N)[C@@H](N)C[C@H]2N=C(N)C(O)C(O)CO)OC[C@]1(C)O. The van der Waals surface area contributed by atoms with Gasteiger partial charge in [0.2, 0.25) is 0 Å². The molecule has 3 fully saturated rings. The molecular weight excluding hydrogens is 560 g/mol. The van der Waals surface area contributed by atoms with E-state index in [1.54, 1.807) is 7.05 Å². The zero-order chi connectivity index (χ0) is 31.2. The van der Waals surface area contributed by atoms with Gasteiger partial charge in [0.1, 0.15) is 48.1 Å². The van der Waals surface area contributed by atoms with Gasteiger partial charge in [0.05, 0.1) is 44.1 Å². The van der Waals surface area contributed by atoms with Crippen molar-refractivity contribution in [1.29, 1.82) is 0 Å². The van der Waals surface area contributed by atoms with E-state index in [-0.39, 0.29) is 25.7 Å². The molecule has 14 atom stereocenters. The van der Waals surface area contributed by atoms with E-state index >= 15 is 0 Å². The van der Waals surface area contributed by atoms with Crippen molar-refractivity contribution in [3.8, 4) is 0 Å². The third kappa shape index (κ3) is 8.52. The number of hydrogen-bond donors (Lipinski definition) is 12. The van der Waals surface area contributed by atoms with Crippen LogP contribution in [0.1, 0.15) is 26.2 Å². The highest BCUT2D eigenvalue weighted by molar-refractivity contribution is 5.85. The number of amidine groups is 1. The molecule has 42 heavy (non-hydrogen) atoms. The molecule has 246 valence electrons. The van der Waals surface area contributed by atoms with E-state index in [0.717, 1.165) is 0 Å². The normalized spacial score (nSPS) is 43.2. The molecule has 1 saturated carbocycles. The van der Waals surface area contributed by atoms with E-state index in [1.807, 2.05) is 0 Å². The Labute approximate surface area is 245 Å². The molecule has 2 aliphatic heterocycles. The Morgan fingerprint density at radius 2 is 1.76 bits per heavy atom. The fraction of sp³-hybridized carbons (Fsp3) is 0.960. The number of aliphatic imine (C=N–C) groups is 1. The first kappa shape index (κ1) is 35.4. The standard InChI is InChI=1S/C25H50N6O11/c1-25(38)10-39-24(18(37)21(25)29-2)42-20-14(31-22(28)16(35)15(34)9-33)7-13(27)19(17(20)36)41-23-12(26)4-3-11(40-23)8-30-5-6-32/h11-21,23-24,29-30,32-38H,3-10,26-27H2,1-2H3,(H2,28,31)/t11-,12+,13-,14+,15?,16?,17-,18+,19+,20-,21+,23+,24+,25-/m0/s1. The number of hydrogen-bond acceptors (Lipinski definition) is 16. The van der Waals surface area contributed by atoms with E-state index in [9.17, 15) is 30.6 Å².